The quantitative estimate of drug-likeness (QED) is 0.548. The number of ether oxygens (including phenoxy) is 1. The fraction of sp³-hybridized carbons (Fsp3) is 0.304. The summed E-state index contributed by atoms with van der Waals surface area (Å²) in [5.74, 6) is -1.38. The van der Waals surface area contributed by atoms with Gasteiger partial charge < -0.3 is 20.3 Å². The number of carbonyl (C=O) groups excluding carboxylic acids is 4. The number of urea groups is 1. The number of hydrogen-bond acceptors (Lipinski definition) is 5. The molecule has 162 valence electrons. The van der Waals surface area contributed by atoms with Crippen molar-refractivity contribution in [1.29, 1.82) is 0 Å². The molecule has 2 aromatic rings. The Morgan fingerprint density at radius 2 is 1.61 bits per heavy atom. The van der Waals surface area contributed by atoms with Gasteiger partial charge in [0.05, 0.1) is 5.92 Å². The van der Waals surface area contributed by atoms with Crippen molar-refractivity contribution in [3.63, 3.8) is 0 Å². The first kappa shape index (κ1) is 22.0. The van der Waals surface area contributed by atoms with Gasteiger partial charge in [0.25, 0.3) is 5.91 Å². The lowest BCUT2D eigenvalue weighted by Gasteiger charge is -2.30. The number of likely N-dealkylation sites (tertiary alicyclic amines) is 1. The number of nitrogens with one attached hydrogen (secondary N) is 2. The van der Waals surface area contributed by atoms with Gasteiger partial charge in [-0.3, -0.25) is 14.4 Å². The summed E-state index contributed by atoms with van der Waals surface area (Å²) >= 11 is 0. The highest BCUT2D eigenvalue weighted by Crippen LogP contribution is 2.20. The number of amides is 3. The molecule has 0 unspecified atom stereocenters. The standard InChI is InChI=1S/C23H25N3O5/c1-16(27)18-6-5-9-20(14-18)24-21(28)15-31-22(29)17-10-12-26(13-11-17)23(30)25-19-7-3-2-4-8-19/h2-9,14,17H,10-13,15H2,1H3,(H,24,28)(H,25,30). The molecule has 3 amide bonds. The van der Waals surface area contributed by atoms with Gasteiger partial charge in [-0.2, -0.15) is 0 Å². The van der Waals surface area contributed by atoms with Crippen LogP contribution in [0.25, 0.3) is 0 Å². The van der Waals surface area contributed by atoms with Crippen molar-refractivity contribution in [2.24, 2.45) is 5.92 Å². The number of hydrogen-bond donors (Lipinski definition) is 2. The van der Waals surface area contributed by atoms with Crippen LogP contribution >= 0.6 is 0 Å². The monoisotopic (exact) mass is 423 g/mol. The molecule has 2 aromatic carbocycles. The van der Waals surface area contributed by atoms with E-state index in [9.17, 15) is 19.2 Å². The van der Waals surface area contributed by atoms with Crippen molar-refractivity contribution in [1.82, 2.24) is 4.90 Å². The maximum absolute atomic E-state index is 12.3. The molecule has 1 saturated heterocycles. The molecule has 0 aromatic heterocycles. The molecule has 0 radical (unpaired) electrons. The minimum absolute atomic E-state index is 0.105. The first-order valence-corrected chi connectivity index (χ1v) is 10.1. The Labute approximate surface area is 180 Å². The van der Waals surface area contributed by atoms with Crippen molar-refractivity contribution in [2.75, 3.05) is 30.3 Å². The summed E-state index contributed by atoms with van der Waals surface area (Å²) in [6.07, 6.45) is 0.951. The predicted octanol–water partition coefficient (Wildman–Crippen LogP) is 3.32. The molecule has 0 aliphatic carbocycles. The van der Waals surface area contributed by atoms with E-state index in [2.05, 4.69) is 10.6 Å². The number of anilines is 2. The molecule has 1 aliphatic rings. The number of nitrogens with zero attached hydrogens (tertiary/aromatic N) is 1. The lowest BCUT2D eigenvalue weighted by molar-refractivity contribution is -0.152. The van der Waals surface area contributed by atoms with Crippen LogP contribution in [0.3, 0.4) is 0 Å². The van der Waals surface area contributed by atoms with Crippen molar-refractivity contribution in [3.8, 4) is 0 Å². The average Bonchev–Trinajstić information content (AvgIpc) is 2.78. The molecule has 0 saturated carbocycles. The van der Waals surface area contributed by atoms with E-state index < -0.39 is 18.5 Å². The van der Waals surface area contributed by atoms with Gasteiger partial charge in [-0.05, 0) is 44.0 Å². The van der Waals surface area contributed by atoms with Crippen molar-refractivity contribution in [2.45, 2.75) is 19.8 Å². The first-order chi connectivity index (χ1) is 14.9. The van der Waals surface area contributed by atoms with Crippen LogP contribution in [0.1, 0.15) is 30.1 Å². The number of esters is 1. The number of Topliss-reactive ketones (excluding diaryl/α,β-unsaturated/α-hetero) is 1. The zero-order valence-corrected chi connectivity index (χ0v) is 17.3. The van der Waals surface area contributed by atoms with E-state index in [0.29, 0.717) is 42.9 Å². The highest BCUT2D eigenvalue weighted by molar-refractivity contribution is 5.97. The van der Waals surface area contributed by atoms with Crippen LogP contribution in [-0.4, -0.2) is 48.3 Å². The van der Waals surface area contributed by atoms with Gasteiger partial charge >= 0.3 is 12.0 Å². The Kier molecular flexibility index (Phi) is 7.37. The molecule has 31 heavy (non-hydrogen) atoms. The minimum atomic E-state index is -0.478. The van der Waals surface area contributed by atoms with Crippen molar-refractivity contribution < 1.29 is 23.9 Å². The number of piperidine rings is 1. The number of rotatable bonds is 6. The second kappa shape index (κ2) is 10.4. The summed E-state index contributed by atoms with van der Waals surface area (Å²) in [6.45, 7) is 1.90. The zero-order valence-electron chi connectivity index (χ0n) is 17.3. The maximum Gasteiger partial charge on any atom is 0.321 e. The van der Waals surface area contributed by atoms with E-state index in [-0.39, 0.29) is 17.7 Å². The third-order valence-corrected chi connectivity index (χ3v) is 5.04. The Hall–Kier alpha value is -3.68. The molecule has 1 heterocycles. The minimum Gasteiger partial charge on any atom is -0.455 e. The van der Waals surface area contributed by atoms with Gasteiger partial charge in [0, 0.05) is 30.0 Å². The van der Waals surface area contributed by atoms with Crippen LogP contribution in [-0.2, 0) is 14.3 Å². The normalized spacial score (nSPS) is 13.9. The summed E-state index contributed by atoms with van der Waals surface area (Å²) in [5.41, 5.74) is 1.67. The Bertz CT molecular complexity index is 953. The highest BCUT2D eigenvalue weighted by atomic mass is 16.5. The SMILES string of the molecule is CC(=O)c1cccc(NC(=O)COC(=O)C2CCN(C(=O)Nc3ccccc3)CC2)c1. The van der Waals surface area contributed by atoms with E-state index in [4.69, 9.17) is 4.74 Å². The summed E-state index contributed by atoms with van der Waals surface area (Å²) in [5, 5.41) is 5.44. The molecular weight excluding hydrogens is 398 g/mol. The second-order valence-electron chi connectivity index (χ2n) is 7.35. The average molecular weight is 423 g/mol. The predicted molar refractivity (Wildman–Crippen MR) is 116 cm³/mol. The van der Waals surface area contributed by atoms with E-state index in [0.717, 1.165) is 0 Å². The van der Waals surface area contributed by atoms with Gasteiger partial charge in [-0.1, -0.05) is 30.3 Å². The molecule has 0 atom stereocenters. The highest BCUT2D eigenvalue weighted by Gasteiger charge is 2.28. The largest absolute Gasteiger partial charge is 0.455 e. The molecule has 0 spiro atoms. The van der Waals surface area contributed by atoms with E-state index >= 15 is 0 Å². The number of para-hydroxylation sites is 1. The summed E-state index contributed by atoms with van der Waals surface area (Å²) < 4.78 is 5.15. The fourth-order valence-corrected chi connectivity index (χ4v) is 3.31. The Morgan fingerprint density at radius 1 is 0.935 bits per heavy atom. The molecule has 2 N–H and O–H groups in total. The smallest absolute Gasteiger partial charge is 0.321 e. The Balaban J connectivity index is 1.40. The van der Waals surface area contributed by atoms with Crippen LogP contribution in [0, 0.1) is 5.92 Å². The van der Waals surface area contributed by atoms with Crippen LogP contribution in [0.2, 0.25) is 0 Å². The van der Waals surface area contributed by atoms with E-state index in [1.165, 1.54) is 6.92 Å². The van der Waals surface area contributed by atoms with Crippen LogP contribution < -0.4 is 10.6 Å². The van der Waals surface area contributed by atoms with Crippen molar-refractivity contribution >= 4 is 35.1 Å². The lowest BCUT2D eigenvalue weighted by Crippen LogP contribution is -2.43. The van der Waals surface area contributed by atoms with Gasteiger partial charge in [0.15, 0.2) is 12.4 Å². The number of ketones is 1. The zero-order chi connectivity index (χ0) is 22.2. The molecule has 3 rings (SSSR count). The van der Waals surface area contributed by atoms with Crippen LogP contribution in [0.5, 0.6) is 0 Å². The van der Waals surface area contributed by atoms with E-state index in [1.807, 2.05) is 30.3 Å². The van der Waals surface area contributed by atoms with Crippen molar-refractivity contribution in [3.05, 3.63) is 60.2 Å². The molecule has 1 fully saturated rings. The molecule has 1 aliphatic heterocycles. The topological polar surface area (TPSA) is 105 Å². The molecule has 0 bridgehead atoms. The van der Waals surface area contributed by atoms with Gasteiger partial charge in [0.1, 0.15) is 0 Å². The third kappa shape index (κ3) is 6.40. The van der Waals surface area contributed by atoms with E-state index in [1.54, 1.807) is 29.2 Å². The lowest BCUT2D eigenvalue weighted by atomic mass is 9.97. The number of benzene rings is 2. The summed E-state index contributed by atoms with van der Waals surface area (Å²) in [4.78, 5) is 49.8. The van der Waals surface area contributed by atoms with Gasteiger partial charge in [-0.25, -0.2) is 4.79 Å². The van der Waals surface area contributed by atoms with Crippen LogP contribution in [0.15, 0.2) is 54.6 Å². The number of carbonyl (C=O) groups is 4. The van der Waals surface area contributed by atoms with Crippen LogP contribution in [0.4, 0.5) is 16.2 Å². The summed E-state index contributed by atoms with van der Waals surface area (Å²) in [6, 6.07) is 15.5. The molecule has 8 nitrogen and oxygen atoms in total. The molecular formula is C23H25N3O5. The summed E-state index contributed by atoms with van der Waals surface area (Å²) in [7, 11) is 0. The maximum atomic E-state index is 12.3. The fourth-order valence-electron chi connectivity index (χ4n) is 3.31. The molecule has 8 heteroatoms. The first-order valence-electron chi connectivity index (χ1n) is 10.1. The van der Waals surface area contributed by atoms with Gasteiger partial charge in [-0.15, -0.1) is 0 Å². The Morgan fingerprint density at radius 3 is 2.29 bits per heavy atom. The van der Waals surface area contributed by atoms with Gasteiger partial charge in [0.2, 0.25) is 0 Å². The third-order valence-electron chi connectivity index (χ3n) is 5.04. The second-order valence-corrected chi connectivity index (χ2v) is 7.35.